The topological polar surface area (TPSA) is 52.6 Å². The number of rotatable bonds is 5. The monoisotopic (exact) mass is 252 g/mol. The predicted molar refractivity (Wildman–Crippen MR) is 67.8 cm³/mol. The molecule has 0 saturated carbocycles. The van der Waals surface area contributed by atoms with E-state index < -0.39 is 17.4 Å². The summed E-state index contributed by atoms with van der Waals surface area (Å²) in [6.07, 6.45) is 2.52. The van der Waals surface area contributed by atoms with E-state index in [1.807, 2.05) is 13.0 Å². The molecular formula is C14H20O4. The number of carbonyl (C=O) groups excluding carboxylic acids is 2. The highest BCUT2D eigenvalue weighted by Crippen LogP contribution is 2.42. The van der Waals surface area contributed by atoms with Gasteiger partial charge in [-0.15, -0.1) is 0 Å². The van der Waals surface area contributed by atoms with Crippen LogP contribution in [-0.2, 0) is 19.1 Å². The third kappa shape index (κ3) is 2.63. The molecule has 0 aromatic heterocycles. The molecule has 0 aliphatic heterocycles. The van der Waals surface area contributed by atoms with Gasteiger partial charge in [-0.25, -0.2) is 0 Å². The molecule has 0 aromatic carbocycles. The van der Waals surface area contributed by atoms with Gasteiger partial charge in [0.25, 0.3) is 0 Å². The molecule has 4 nitrogen and oxygen atoms in total. The lowest BCUT2D eigenvalue weighted by Gasteiger charge is -2.24. The summed E-state index contributed by atoms with van der Waals surface area (Å²) in [5.41, 5.74) is 0.585. The molecular weight excluding hydrogens is 232 g/mol. The highest BCUT2D eigenvalue weighted by molar-refractivity contribution is 6.01. The Morgan fingerprint density at radius 2 is 1.78 bits per heavy atom. The van der Waals surface area contributed by atoms with Crippen LogP contribution in [0.4, 0.5) is 0 Å². The quantitative estimate of drug-likeness (QED) is 0.557. The maximum absolute atomic E-state index is 12.1. The van der Waals surface area contributed by atoms with Crippen LogP contribution < -0.4 is 0 Å². The van der Waals surface area contributed by atoms with E-state index in [1.165, 1.54) is 0 Å². The van der Waals surface area contributed by atoms with Gasteiger partial charge in [-0.3, -0.25) is 9.59 Å². The smallest absolute Gasteiger partial charge is 0.324 e. The Balaban J connectivity index is 2.96. The van der Waals surface area contributed by atoms with Gasteiger partial charge >= 0.3 is 11.9 Å². The molecule has 0 unspecified atom stereocenters. The first kappa shape index (κ1) is 14.5. The van der Waals surface area contributed by atoms with Crippen LogP contribution in [-0.4, -0.2) is 25.2 Å². The summed E-state index contributed by atoms with van der Waals surface area (Å²) in [6.45, 7) is 9.65. The van der Waals surface area contributed by atoms with Crippen LogP contribution in [0.1, 0.15) is 33.6 Å². The lowest BCUT2D eigenvalue weighted by Crippen LogP contribution is -2.40. The molecule has 0 fully saturated rings. The highest BCUT2D eigenvalue weighted by Gasteiger charge is 2.51. The number of hydrogen-bond acceptors (Lipinski definition) is 4. The van der Waals surface area contributed by atoms with E-state index in [1.54, 1.807) is 13.8 Å². The number of carbonyl (C=O) groups is 2. The van der Waals surface area contributed by atoms with Gasteiger partial charge in [0.1, 0.15) is 0 Å². The SMILES string of the molecule is C=C(C)C1=CCC(C(=O)OCC)(C(=O)OCC)C1. The summed E-state index contributed by atoms with van der Waals surface area (Å²) >= 11 is 0. The average Bonchev–Trinajstić information content (AvgIpc) is 2.76. The van der Waals surface area contributed by atoms with Crippen LogP contribution in [0.25, 0.3) is 0 Å². The fraction of sp³-hybridized carbons (Fsp3) is 0.571. The van der Waals surface area contributed by atoms with Crippen LogP contribution in [0, 0.1) is 5.41 Å². The number of esters is 2. The van der Waals surface area contributed by atoms with Crippen LogP contribution in [0.3, 0.4) is 0 Å². The second kappa shape index (κ2) is 5.85. The molecule has 4 heteroatoms. The first-order chi connectivity index (χ1) is 8.47. The molecule has 0 saturated heterocycles. The minimum Gasteiger partial charge on any atom is -0.465 e. The summed E-state index contributed by atoms with van der Waals surface area (Å²) in [5.74, 6) is -1.01. The highest BCUT2D eigenvalue weighted by atomic mass is 16.6. The molecule has 1 aliphatic carbocycles. The molecule has 0 amide bonds. The molecule has 0 aromatic rings. The van der Waals surface area contributed by atoms with E-state index in [0.29, 0.717) is 12.8 Å². The number of allylic oxidation sites excluding steroid dienone is 3. The van der Waals surface area contributed by atoms with Gasteiger partial charge in [0.05, 0.1) is 13.2 Å². The Morgan fingerprint density at radius 3 is 2.11 bits per heavy atom. The fourth-order valence-corrected chi connectivity index (χ4v) is 2.02. The van der Waals surface area contributed by atoms with Crippen LogP contribution >= 0.6 is 0 Å². The summed E-state index contributed by atoms with van der Waals surface area (Å²) in [4.78, 5) is 24.1. The number of ether oxygens (including phenoxy) is 2. The minimum absolute atomic E-state index is 0.252. The standard InChI is InChI=1S/C14H20O4/c1-5-17-12(15)14(13(16)18-6-2)8-7-11(9-14)10(3)4/h7H,3,5-6,8-9H2,1-2,4H3. The molecule has 0 bridgehead atoms. The zero-order valence-electron chi connectivity index (χ0n) is 11.2. The van der Waals surface area contributed by atoms with E-state index >= 15 is 0 Å². The number of hydrogen-bond donors (Lipinski definition) is 0. The summed E-state index contributed by atoms with van der Waals surface area (Å²) in [5, 5.41) is 0. The van der Waals surface area contributed by atoms with Gasteiger partial charge < -0.3 is 9.47 Å². The summed E-state index contributed by atoms with van der Waals surface area (Å²) in [6, 6.07) is 0. The van der Waals surface area contributed by atoms with Crippen LogP contribution in [0.2, 0.25) is 0 Å². The fourth-order valence-electron chi connectivity index (χ4n) is 2.02. The normalized spacial score (nSPS) is 16.9. The van der Waals surface area contributed by atoms with Gasteiger partial charge in [0.2, 0.25) is 0 Å². The van der Waals surface area contributed by atoms with E-state index in [4.69, 9.17) is 9.47 Å². The second-order valence-electron chi connectivity index (χ2n) is 4.41. The van der Waals surface area contributed by atoms with Gasteiger partial charge in [-0.05, 0) is 39.2 Å². The zero-order valence-corrected chi connectivity index (χ0v) is 11.2. The summed E-state index contributed by atoms with van der Waals surface area (Å²) < 4.78 is 10.0. The van der Waals surface area contributed by atoms with Crippen molar-refractivity contribution in [1.82, 2.24) is 0 Å². The molecule has 0 atom stereocenters. The van der Waals surface area contributed by atoms with Crippen molar-refractivity contribution in [3.8, 4) is 0 Å². The molecule has 0 N–H and O–H groups in total. The Labute approximate surface area is 108 Å². The molecule has 0 spiro atoms. The molecule has 1 rings (SSSR count). The van der Waals surface area contributed by atoms with E-state index in [0.717, 1.165) is 11.1 Å². The Morgan fingerprint density at radius 1 is 1.28 bits per heavy atom. The van der Waals surface area contributed by atoms with Crippen molar-refractivity contribution in [2.24, 2.45) is 5.41 Å². The average molecular weight is 252 g/mol. The Kier molecular flexibility index (Phi) is 4.70. The lowest BCUT2D eigenvalue weighted by atomic mass is 9.83. The minimum atomic E-state index is -1.21. The largest absolute Gasteiger partial charge is 0.465 e. The van der Waals surface area contributed by atoms with Crippen molar-refractivity contribution in [2.75, 3.05) is 13.2 Å². The van der Waals surface area contributed by atoms with E-state index in [2.05, 4.69) is 6.58 Å². The third-order valence-electron chi connectivity index (χ3n) is 3.07. The van der Waals surface area contributed by atoms with Crippen molar-refractivity contribution in [3.63, 3.8) is 0 Å². The summed E-state index contributed by atoms with van der Waals surface area (Å²) in [7, 11) is 0. The van der Waals surface area contributed by atoms with Gasteiger partial charge in [0.15, 0.2) is 5.41 Å². The van der Waals surface area contributed by atoms with Crippen molar-refractivity contribution in [1.29, 1.82) is 0 Å². The predicted octanol–water partition coefficient (Wildman–Crippen LogP) is 2.40. The Hall–Kier alpha value is -1.58. The third-order valence-corrected chi connectivity index (χ3v) is 3.07. The zero-order chi connectivity index (χ0) is 13.8. The molecule has 1 aliphatic rings. The van der Waals surface area contributed by atoms with Gasteiger partial charge in [-0.2, -0.15) is 0 Å². The van der Waals surface area contributed by atoms with E-state index in [9.17, 15) is 9.59 Å². The van der Waals surface area contributed by atoms with E-state index in [-0.39, 0.29) is 13.2 Å². The maximum Gasteiger partial charge on any atom is 0.324 e. The Bertz CT molecular complexity index is 375. The molecule has 18 heavy (non-hydrogen) atoms. The van der Waals surface area contributed by atoms with Crippen LogP contribution in [0.5, 0.6) is 0 Å². The van der Waals surface area contributed by atoms with Crippen molar-refractivity contribution < 1.29 is 19.1 Å². The van der Waals surface area contributed by atoms with Crippen molar-refractivity contribution >= 4 is 11.9 Å². The molecule has 100 valence electrons. The van der Waals surface area contributed by atoms with Crippen molar-refractivity contribution in [3.05, 3.63) is 23.8 Å². The molecule has 0 radical (unpaired) electrons. The van der Waals surface area contributed by atoms with Crippen LogP contribution in [0.15, 0.2) is 23.8 Å². The van der Waals surface area contributed by atoms with Gasteiger partial charge in [0, 0.05) is 0 Å². The first-order valence-corrected chi connectivity index (χ1v) is 6.17. The maximum atomic E-state index is 12.1. The first-order valence-electron chi connectivity index (χ1n) is 6.17. The lowest BCUT2D eigenvalue weighted by molar-refractivity contribution is -0.171. The van der Waals surface area contributed by atoms with Crippen molar-refractivity contribution in [2.45, 2.75) is 33.6 Å². The molecule has 0 heterocycles. The van der Waals surface area contributed by atoms with Gasteiger partial charge in [-0.1, -0.05) is 18.2 Å². The second-order valence-corrected chi connectivity index (χ2v) is 4.41.